The van der Waals surface area contributed by atoms with Gasteiger partial charge in [0, 0.05) is 0 Å². The number of esters is 1. The molecule has 0 aromatic heterocycles. The van der Waals surface area contributed by atoms with E-state index < -0.39 is 26.8 Å². The molecular weight excluding hydrogens is 427 g/mol. The van der Waals surface area contributed by atoms with Gasteiger partial charge in [0.25, 0.3) is 0 Å². The van der Waals surface area contributed by atoms with Crippen LogP contribution in [0.4, 0.5) is 0 Å². The summed E-state index contributed by atoms with van der Waals surface area (Å²) in [4.78, 5) is 12.0. The first-order valence-electron chi connectivity index (χ1n) is 7.11. The Morgan fingerprint density at radius 1 is 0.962 bits per heavy atom. The Morgan fingerprint density at radius 2 is 1.58 bits per heavy atom. The zero-order chi connectivity index (χ0) is 19.2. The smallest absolute Gasteiger partial charge is 0.449 e. The fraction of sp³-hybridized carbons (Fsp3) is 0.188. The molecule has 0 radical (unpaired) electrons. The third kappa shape index (κ3) is 7.39. The second kappa shape index (κ2) is 8.92. The molecule has 0 saturated carbocycles. The molecule has 0 saturated heterocycles. The van der Waals surface area contributed by atoms with E-state index in [9.17, 15) is 13.2 Å². The van der Waals surface area contributed by atoms with Crippen molar-refractivity contribution in [1.29, 1.82) is 0 Å². The SMILES string of the molecule is O=C(OCc1ccccc1)c1ccc(OS(=O)(=O)OCC(Cl)(Cl)Cl)cc1. The molecule has 0 unspecified atom stereocenters. The van der Waals surface area contributed by atoms with E-state index in [-0.39, 0.29) is 17.9 Å². The first-order chi connectivity index (χ1) is 12.1. The van der Waals surface area contributed by atoms with Crippen molar-refractivity contribution in [3.8, 4) is 5.75 Å². The van der Waals surface area contributed by atoms with Crippen LogP contribution in [0.25, 0.3) is 0 Å². The van der Waals surface area contributed by atoms with Crippen LogP contribution in [-0.2, 0) is 25.9 Å². The summed E-state index contributed by atoms with van der Waals surface area (Å²) < 4.78 is 35.6. The highest BCUT2D eigenvalue weighted by atomic mass is 35.6. The molecule has 0 bridgehead atoms. The molecule has 140 valence electrons. The van der Waals surface area contributed by atoms with Gasteiger partial charge in [-0.3, -0.25) is 0 Å². The van der Waals surface area contributed by atoms with Crippen LogP contribution in [0.5, 0.6) is 5.75 Å². The minimum Gasteiger partial charge on any atom is -0.457 e. The molecule has 2 aromatic carbocycles. The van der Waals surface area contributed by atoms with E-state index in [2.05, 4.69) is 8.37 Å². The van der Waals surface area contributed by atoms with Gasteiger partial charge in [0.1, 0.15) is 19.0 Å². The molecule has 0 aliphatic heterocycles. The number of carbonyl (C=O) groups is 1. The average molecular weight is 440 g/mol. The van der Waals surface area contributed by atoms with E-state index in [0.717, 1.165) is 5.56 Å². The molecule has 2 aromatic rings. The maximum atomic E-state index is 12.0. The summed E-state index contributed by atoms with van der Waals surface area (Å²) in [6, 6.07) is 14.4. The summed E-state index contributed by atoms with van der Waals surface area (Å²) in [5, 5.41) is 0. The third-order valence-corrected chi connectivity index (χ3v) is 4.00. The van der Waals surface area contributed by atoms with Crippen LogP contribution in [0.1, 0.15) is 15.9 Å². The lowest BCUT2D eigenvalue weighted by atomic mass is 10.2. The highest BCUT2D eigenvalue weighted by molar-refractivity contribution is 7.82. The fourth-order valence-electron chi connectivity index (χ4n) is 1.73. The lowest BCUT2D eigenvalue weighted by Crippen LogP contribution is -2.21. The topological polar surface area (TPSA) is 78.9 Å². The van der Waals surface area contributed by atoms with Gasteiger partial charge in [0.2, 0.25) is 3.79 Å². The lowest BCUT2D eigenvalue weighted by molar-refractivity contribution is 0.0472. The van der Waals surface area contributed by atoms with E-state index in [1.807, 2.05) is 30.3 Å². The summed E-state index contributed by atoms with van der Waals surface area (Å²) in [7, 11) is -4.42. The van der Waals surface area contributed by atoms with Crippen molar-refractivity contribution in [2.45, 2.75) is 10.4 Å². The molecule has 0 aliphatic carbocycles. The summed E-state index contributed by atoms with van der Waals surface area (Å²) in [5.41, 5.74) is 1.07. The Balaban J connectivity index is 1.92. The fourth-order valence-corrected chi connectivity index (χ4v) is 2.81. The second-order valence-electron chi connectivity index (χ2n) is 4.96. The van der Waals surface area contributed by atoms with Crippen LogP contribution in [0.15, 0.2) is 54.6 Å². The van der Waals surface area contributed by atoms with Gasteiger partial charge in [-0.1, -0.05) is 65.1 Å². The molecule has 0 amide bonds. The Labute approximate surface area is 165 Å². The predicted octanol–water partition coefficient (Wildman–Crippen LogP) is 4.05. The molecule has 0 atom stereocenters. The van der Waals surface area contributed by atoms with Crippen molar-refractivity contribution in [3.63, 3.8) is 0 Å². The number of hydrogen-bond acceptors (Lipinski definition) is 6. The first kappa shape index (κ1) is 20.8. The Morgan fingerprint density at radius 3 is 2.15 bits per heavy atom. The van der Waals surface area contributed by atoms with Crippen molar-refractivity contribution in [2.24, 2.45) is 0 Å². The third-order valence-electron chi connectivity index (χ3n) is 2.87. The van der Waals surface area contributed by atoms with Crippen LogP contribution in [0.2, 0.25) is 0 Å². The van der Waals surface area contributed by atoms with E-state index in [0.29, 0.717) is 0 Å². The van der Waals surface area contributed by atoms with Crippen molar-refractivity contribution in [3.05, 3.63) is 65.7 Å². The zero-order valence-electron chi connectivity index (χ0n) is 13.1. The molecule has 2 rings (SSSR count). The van der Waals surface area contributed by atoms with Gasteiger partial charge in [-0.2, -0.15) is 8.42 Å². The summed E-state index contributed by atoms with van der Waals surface area (Å²) >= 11 is 16.2. The maximum Gasteiger partial charge on any atom is 0.449 e. The van der Waals surface area contributed by atoms with E-state index in [1.54, 1.807) is 0 Å². The van der Waals surface area contributed by atoms with Crippen LogP contribution in [0, 0.1) is 0 Å². The summed E-state index contributed by atoms with van der Waals surface area (Å²) in [6.45, 7) is -0.582. The van der Waals surface area contributed by atoms with E-state index in [1.165, 1.54) is 24.3 Å². The number of benzene rings is 2. The van der Waals surface area contributed by atoms with Crippen LogP contribution in [0.3, 0.4) is 0 Å². The average Bonchev–Trinajstić information content (AvgIpc) is 2.59. The van der Waals surface area contributed by atoms with Crippen LogP contribution < -0.4 is 4.18 Å². The minimum absolute atomic E-state index is 0.0751. The highest BCUT2D eigenvalue weighted by Crippen LogP contribution is 2.27. The molecule has 0 fully saturated rings. The van der Waals surface area contributed by atoms with Gasteiger partial charge in [0.15, 0.2) is 0 Å². The van der Waals surface area contributed by atoms with Crippen molar-refractivity contribution in [2.75, 3.05) is 6.61 Å². The number of carbonyl (C=O) groups excluding carboxylic acids is 1. The van der Waals surface area contributed by atoms with Crippen LogP contribution in [-0.4, -0.2) is 24.8 Å². The molecule has 0 spiro atoms. The van der Waals surface area contributed by atoms with Gasteiger partial charge in [0.05, 0.1) is 5.56 Å². The molecular formula is C16H13Cl3O6S. The Kier molecular flexibility index (Phi) is 7.14. The monoisotopic (exact) mass is 438 g/mol. The van der Waals surface area contributed by atoms with Gasteiger partial charge in [-0.25, -0.2) is 8.98 Å². The van der Waals surface area contributed by atoms with Crippen molar-refractivity contribution in [1.82, 2.24) is 0 Å². The number of rotatable bonds is 7. The van der Waals surface area contributed by atoms with Gasteiger partial charge >= 0.3 is 16.4 Å². The zero-order valence-corrected chi connectivity index (χ0v) is 16.2. The van der Waals surface area contributed by atoms with E-state index >= 15 is 0 Å². The molecule has 0 heterocycles. The van der Waals surface area contributed by atoms with Gasteiger partial charge in [-0.15, -0.1) is 0 Å². The van der Waals surface area contributed by atoms with E-state index in [4.69, 9.17) is 39.5 Å². The van der Waals surface area contributed by atoms with Crippen molar-refractivity contribution >= 4 is 51.2 Å². The molecule has 0 aliphatic rings. The largest absolute Gasteiger partial charge is 0.457 e. The lowest BCUT2D eigenvalue weighted by Gasteiger charge is -2.11. The minimum atomic E-state index is -4.42. The molecule has 6 nitrogen and oxygen atoms in total. The number of hydrogen-bond donors (Lipinski definition) is 0. The quantitative estimate of drug-likeness (QED) is 0.478. The predicted molar refractivity (Wildman–Crippen MR) is 97.8 cm³/mol. The second-order valence-corrected chi connectivity index (χ2v) is 8.69. The van der Waals surface area contributed by atoms with Crippen molar-refractivity contribution < 1.29 is 26.3 Å². The molecule has 0 N–H and O–H groups in total. The standard InChI is InChI=1S/C16H13Cl3O6S/c17-16(18,19)11-24-26(21,22)25-14-8-6-13(7-9-14)15(20)23-10-12-4-2-1-3-5-12/h1-9H,10-11H2. The summed E-state index contributed by atoms with van der Waals surface area (Å²) in [6.07, 6.45) is 0. The Bertz CT molecular complexity index is 833. The van der Waals surface area contributed by atoms with Gasteiger partial charge < -0.3 is 8.92 Å². The number of alkyl halides is 3. The summed E-state index contributed by atoms with van der Waals surface area (Å²) in [5.74, 6) is -0.635. The maximum absolute atomic E-state index is 12.0. The number of halogens is 3. The first-order valence-corrected chi connectivity index (χ1v) is 9.58. The molecule has 10 heteroatoms. The highest BCUT2D eigenvalue weighted by Gasteiger charge is 2.25. The van der Waals surface area contributed by atoms with Gasteiger partial charge in [-0.05, 0) is 29.8 Å². The Hall–Kier alpha value is -1.51. The molecule has 26 heavy (non-hydrogen) atoms. The normalized spacial score (nSPS) is 11.8. The van der Waals surface area contributed by atoms with Crippen LogP contribution >= 0.6 is 34.8 Å². The number of ether oxygens (including phenoxy) is 1.